The summed E-state index contributed by atoms with van der Waals surface area (Å²) in [6.07, 6.45) is 2.29. The normalized spacial score (nSPS) is 12.7. The van der Waals surface area contributed by atoms with Crippen LogP contribution < -0.4 is 21.7 Å². The fourth-order valence-electron chi connectivity index (χ4n) is 2.81. The second-order valence-electron chi connectivity index (χ2n) is 6.38. The number of nitrogens with two attached hydrogens (primary N) is 1. The quantitative estimate of drug-likeness (QED) is 0.569. The highest BCUT2D eigenvalue weighted by atomic mass is 32.1. The summed E-state index contributed by atoms with van der Waals surface area (Å²) in [7, 11) is 1.76. The van der Waals surface area contributed by atoms with E-state index in [0.29, 0.717) is 12.1 Å². The molecule has 1 aromatic carbocycles. The van der Waals surface area contributed by atoms with Crippen molar-refractivity contribution in [3.63, 3.8) is 0 Å². The highest BCUT2D eigenvalue weighted by molar-refractivity contribution is 7.07. The monoisotopic (exact) mass is 373 g/mol. The van der Waals surface area contributed by atoms with Crippen LogP contribution in [0.5, 0.6) is 0 Å². The number of rotatable bonds is 8. The fourth-order valence-corrected chi connectivity index (χ4v) is 3.38. The smallest absolute Gasteiger partial charge is 0.237 e. The molecule has 1 atom stereocenters. The Labute approximate surface area is 158 Å². The molecule has 0 aliphatic heterocycles. The van der Waals surface area contributed by atoms with Gasteiger partial charge in [0.25, 0.3) is 0 Å². The third kappa shape index (κ3) is 5.57. The van der Waals surface area contributed by atoms with Gasteiger partial charge in [-0.05, 0) is 38.9 Å². The molecule has 0 bridgehead atoms. The van der Waals surface area contributed by atoms with Crippen LogP contribution in [0.1, 0.15) is 22.4 Å². The van der Waals surface area contributed by atoms with Gasteiger partial charge in [-0.25, -0.2) is 4.98 Å². The molecule has 0 saturated heterocycles. The number of aromatic nitrogens is 1. The highest BCUT2D eigenvalue weighted by Crippen LogP contribution is 2.21. The lowest BCUT2D eigenvalue weighted by atomic mass is 10.1. The Kier molecular flexibility index (Phi) is 7.17. The first-order valence-electron chi connectivity index (χ1n) is 8.51. The molecule has 0 aliphatic rings. The van der Waals surface area contributed by atoms with Crippen LogP contribution in [0.15, 0.2) is 34.9 Å². The molecule has 0 fully saturated rings. The van der Waals surface area contributed by atoms with Crippen LogP contribution in [-0.4, -0.2) is 30.5 Å². The van der Waals surface area contributed by atoms with Gasteiger partial charge in [0.1, 0.15) is 0 Å². The maximum absolute atomic E-state index is 12.3. The van der Waals surface area contributed by atoms with Crippen molar-refractivity contribution in [2.45, 2.75) is 33.2 Å². The Morgan fingerprint density at radius 3 is 2.58 bits per heavy atom. The van der Waals surface area contributed by atoms with E-state index in [4.69, 9.17) is 5.73 Å². The summed E-state index contributed by atoms with van der Waals surface area (Å²) in [5.74, 6) is -0.0976. The average molecular weight is 374 g/mol. The number of nitrogens with zero attached hydrogens (tertiary/aromatic N) is 1. The molecule has 0 spiro atoms. The number of anilines is 1. The highest BCUT2D eigenvalue weighted by Gasteiger charge is 2.17. The number of hydrogen-bond donors (Lipinski definition) is 4. The number of nitrogens with one attached hydrogen (secondary N) is 3. The number of hydrogen-bond acceptors (Lipinski definition) is 6. The number of carbonyl (C=O) groups is 1. The third-order valence-corrected chi connectivity index (χ3v) is 4.74. The van der Waals surface area contributed by atoms with Crippen LogP contribution >= 0.6 is 11.3 Å². The first-order valence-corrected chi connectivity index (χ1v) is 9.46. The van der Waals surface area contributed by atoms with E-state index in [-0.39, 0.29) is 18.5 Å². The first-order chi connectivity index (χ1) is 12.4. The predicted octanol–water partition coefficient (Wildman–Crippen LogP) is 2.23. The van der Waals surface area contributed by atoms with Crippen LogP contribution in [0, 0.1) is 20.8 Å². The van der Waals surface area contributed by atoms with Crippen molar-refractivity contribution in [1.82, 2.24) is 15.6 Å². The van der Waals surface area contributed by atoms with E-state index in [2.05, 4.69) is 53.8 Å². The van der Waals surface area contributed by atoms with Crippen molar-refractivity contribution in [1.29, 1.82) is 0 Å². The largest absolute Gasteiger partial charge is 0.399 e. The Balaban J connectivity index is 1.89. The molecule has 2 rings (SSSR count). The molecular formula is C19H27N5OS. The van der Waals surface area contributed by atoms with E-state index < -0.39 is 0 Å². The van der Waals surface area contributed by atoms with Crippen molar-refractivity contribution < 1.29 is 4.79 Å². The van der Waals surface area contributed by atoms with Crippen LogP contribution in [0.4, 0.5) is 5.69 Å². The molecule has 6 nitrogen and oxygen atoms in total. The zero-order chi connectivity index (χ0) is 19.1. The van der Waals surface area contributed by atoms with Gasteiger partial charge in [-0.15, -0.1) is 11.3 Å². The van der Waals surface area contributed by atoms with E-state index in [1.54, 1.807) is 18.8 Å². The molecule has 1 unspecified atom stereocenters. The standard InChI is InChI=1S/C19H27N5OS/c1-12-5-13(2)18(14(3)6-12)22-8-15(20)9-23-19(25)17(21-4)7-16-10-26-11-24-16/h5-6,8,10-11,17,21-22H,7,9,20H2,1-4H3,(H,23,25)/b15-8-. The molecule has 2 aromatic rings. The Morgan fingerprint density at radius 2 is 2.00 bits per heavy atom. The minimum absolute atomic E-state index is 0.0976. The van der Waals surface area contributed by atoms with E-state index >= 15 is 0 Å². The summed E-state index contributed by atoms with van der Waals surface area (Å²) in [5.41, 5.74) is 13.9. The lowest BCUT2D eigenvalue weighted by Gasteiger charge is -2.15. The van der Waals surface area contributed by atoms with E-state index in [1.807, 2.05) is 5.38 Å². The maximum atomic E-state index is 12.3. The van der Waals surface area contributed by atoms with Crippen LogP contribution in [-0.2, 0) is 11.2 Å². The molecule has 1 amide bonds. The SMILES string of the molecule is CNC(Cc1cscn1)C(=O)NC/C(N)=C/Nc1c(C)cc(C)cc1C. The number of likely N-dealkylation sites (N-methyl/N-ethyl adjacent to an activating group) is 1. The number of benzene rings is 1. The molecule has 7 heteroatoms. The summed E-state index contributed by atoms with van der Waals surface area (Å²) >= 11 is 1.52. The van der Waals surface area contributed by atoms with E-state index in [9.17, 15) is 4.79 Å². The maximum Gasteiger partial charge on any atom is 0.237 e. The summed E-state index contributed by atoms with van der Waals surface area (Å²) in [4.78, 5) is 16.5. The zero-order valence-corrected chi connectivity index (χ0v) is 16.5. The van der Waals surface area contributed by atoms with Gasteiger partial charge < -0.3 is 21.7 Å². The van der Waals surface area contributed by atoms with Gasteiger partial charge in [0, 0.05) is 29.4 Å². The van der Waals surface area contributed by atoms with Crippen molar-refractivity contribution in [2.24, 2.45) is 5.73 Å². The van der Waals surface area contributed by atoms with Crippen molar-refractivity contribution >= 4 is 22.9 Å². The molecule has 0 aliphatic carbocycles. The molecular weight excluding hydrogens is 346 g/mol. The molecule has 0 radical (unpaired) electrons. The lowest BCUT2D eigenvalue weighted by Crippen LogP contribution is -2.45. The summed E-state index contributed by atoms with van der Waals surface area (Å²) in [5, 5.41) is 11.1. The third-order valence-electron chi connectivity index (χ3n) is 4.11. The van der Waals surface area contributed by atoms with Crippen molar-refractivity contribution in [2.75, 3.05) is 18.9 Å². The number of amides is 1. The van der Waals surface area contributed by atoms with Crippen molar-refractivity contribution in [3.8, 4) is 0 Å². The van der Waals surface area contributed by atoms with Gasteiger partial charge in [-0.2, -0.15) is 0 Å². The second kappa shape index (κ2) is 9.35. The van der Waals surface area contributed by atoms with Crippen molar-refractivity contribution in [3.05, 3.63) is 57.3 Å². The lowest BCUT2D eigenvalue weighted by molar-refractivity contribution is -0.122. The van der Waals surface area contributed by atoms with Gasteiger partial charge in [-0.1, -0.05) is 17.7 Å². The Morgan fingerprint density at radius 1 is 1.31 bits per heavy atom. The summed E-state index contributed by atoms with van der Waals surface area (Å²) in [6.45, 7) is 6.48. The summed E-state index contributed by atoms with van der Waals surface area (Å²) in [6, 6.07) is 3.91. The average Bonchev–Trinajstić information content (AvgIpc) is 3.09. The summed E-state index contributed by atoms with van der Waals surface area (Å²) < 4.78 is 0. The first kappa shape index (κ1) is 19.9. The minimum Gasteiger partial charge on any atom is -0.399 e. The second-order valence-corrected chi connectivity index (χ2v) is 7.10. The van der Waals surface area contributed by atoms with Crippen LogP contribution in [0.2, 0.25) is 0 Å². The van der Waals surface area contributed by atoms with Gasteiger partial charge in [0.2, 0.25) is 5.91 Å². The molecule has 26 heavy (non-hydrogen) atoms. The van der Waals surface area contributed by atoms with Crippen LogP contribution in [0.25, 0.3) is 0 Å². The Hall–Kier alpha value is -2.38. The Bertz CT molecular complexity index is 747. The van der Waals surface area contributed by atoms with Gasteiger partial charge in [-0.3, -0.25) is 4.79 Å². The minimum atomic E-state index is -0.334. The van der Waals surface area contributed by atoms with Gasteiger partial charge in [0.15, 0.2) is 0 Å². The van der Waals surface area contributed by atoms with Crippen LogP contribution in [0.3, 0.4) is 0 Å². The zero-order valence-electron chi connectivity index (χ0n) is 15.7. The molecule has 0 saturated carbocycles. The number of thiazole rings is 1. The number of aryl methyl sites for hydroxylation is 3. The van der Waals surface area contributed by atoms with E-state index in [1.165, 1.54) is 16.9 Å². The molecule has 140 valence electrons. The fraction of sp³-hybridized carbons (Fsp3) is 0.368. The van der Waals surface area contributed by atoms with E-state index in [0.717, 1.165) is 22.5 Å². The van der Waals surface area contributed by atoms with Gasteiger partial charge >= 0.3 is 0 Å². The molecule has 1 aromatic heterocycles. The topological polar surface area (TPSA) is 92.1 Å². The number of carbonyl (C=O) groups excluding carboxylic acids is 1. The predicted molar refractivity (Wildman–Crippen MR) is 108 cm³/mol. The van der Waals surface area contributed by atoms with Gasteiger partial charge in [0.05, 0.1) is 23.8 Å². The molecule has 5 N–H and O–H groups in total. The molecule has 1 heterocycles.